The van der Waals surface area contributed by atoms with E-state index in [-0.39, 0.29) is 0 Å². The lowest BCUT2D eigenvalue weighted by atomic mass is 10.1. The number of benzene rings is 2. The lowest BCUT2D eigenvalue weighted by molar-refractivity contribution is 1.13. The molecule has 2 nitrogen and oxygen atoms in total. The van der Waals surface area contributed by atoms with E-state index in [4.69, 9.17) is 11.6 Å². The highest BCUT2D eigenvalue weighted by Gasteiger charge is 2.06. The van der Waals surface area contributed by atoms with Crippen LogP contribution in [-0.2, 0) is 6.54 Å². The van der Waals surface area contributed by atoms with E-state index in [1.807, 2.05) is 18.2 Å². The summed E-state index contributed by atoms with van der Waals surface area (Å²) in [6.45, 7) is 2.88. The van der Waals surface area contributed by atoms with Gasteiger partial charge >= 0.3 is 0 Å². The lowest BCUT2D eigenvalue weighted by Crippen LogP contribution is -1.98. The van der Waals surface area contributed by atoms with E-state index in [9.17, 15) is 0 Å². The van der Waals surface area contributed by atoms with Gasteiger partial charge in [0.2, 0.25) is 0 Å². The first kappa shape index (κ1) is 12.5. The van der Waals surface area contributed by atoms with Gasteiger partial charge in [0.25, 0.3) is 0 Å². The van der Waals surface area contributed by atoms with Gasteiger partial charge in [0.1, 0.15) is 0 Å². The fraction of sp³-hybridized carbons (Fsp3) is 0.133. The summed E-state index contributed by atoms with van der Waals surface area (Å²) in [5, 5.41) is 5.02. The van der Waals surface area contributed by atoms with Crippen molar-refractivity contribution in [3.63, 3.8) is 0 Å². The number of hydrogen-bond acceptors (Lipinski definition) is 3. The molecule has 19 heavy (non-hydrogen) atoms. The van der Waals surface area contributed by atoms with Gasteiger partial charge in [0.05, 0.1) is 15.2 Å². The Morgan fingerprint density at radius 1 is 1.21 bits per heavy atom. The number of rotatable bonds is 3. The zero-order chi connectivity index (χ0) is 13.2. The number of thiazole rings is 1. The number of aryl methyl sites for hydroxylation is 1. The van der Waals surface area contributed by atoms with Crippen molar-refractivity contribution in [2.45, 2.75) is 13.5 Å². The van der Waals surface area contributed by atoms with Gasteiger partial charge in [0, 0.05) is 6.54 Å². The Labute approximate surface area is 121 Å². The molecule has 2 aromatic carbocycles. The number of hydrogen-bond donors (Lipinski definition) is 1. The van der Waals surface area contributed by atoms with Crippen LogP contribution in [0, 0.1) is 6.92 Å². The largest absolute Gasteiger partial charge is 0.357 e. The van der Waals surface area contributed by atoms with Crippen LogP contribution < -0.4 is 5.32 Å². The molecule has 0 bridgehead atoms. The van der Waals surface area contributed by atoms with Gasteiger partial charge in [-0.15, -0.1) is 0 Å². The molecule has 0 aliphatic heterocycles. The maximum absolute atomic E-state index is 6.15. The summed E-state index contributed by atoms with van der Waals surface area (Å²) in [5.41, 5.74) is 3.47. The quantitative estimate of drug-likeness (QED) is 0.744. The molecule has 1 N–H and O–H groups in total. The van der Waals surface area contributed by atoms with Crippen molar-refractivity contribution in [1.82, 2.24) is 4.98 Å². The molecule has 0 spiro atoms. The number of fused-ring (bicyclic) bond motifs is 1. The summed E-state index contributed by atoms with van der Waals surface area (Å²) in [4.78, 5) is 4.53. The SMILES string of the molecule is Cc1cccc(CNc2nc3cccc(Cl)c3s2)c1. The molecule has 0 radical (unpaired) electrons. The molecule has 4 heteroatoms. The Balaban J connectivity index is 1.80. The van der Waals surface area contributed by atoms with Crippen molar-refractivity contribution < 1.29 is 0 Å². The molecule has 3 aromatic rings. The molecule has 0 saturated heterocycles. The fourth-order valence-corrected chi connectivity index (χ4v) is 3.14. The zero-order valence-electron chi connectivity index (χ0n) is 10.5. The molecule has 1 aromatic heterocycles. The molecule has 0 amide bonds. The minimum absolute atomic E-state index is 0.763. The molecule has 96 valence electrons. The lowest BCUT2D eigenvalue weighted by Gasteiger charge is -2.03. The first-order valence-corrected chi connectivity index (χ1v) is 7.26. The van der Waals surface area contributed by atoms with Gasteiger partial charge < -0.3 is 5.32 Å². The van der Waals surface area contributed by atoms with Crippen molar-refractivity contribution >= 4 is 38.3 Å². The van der Waals surface area contributed by atoms with Gasteiger partial charge in [-0.3, -0.25) is 0 Å². The second kappa shape index (κ2) is 5.19. The summed E-state index contributed by atoms with van der Waals surface area (Å²) in [6.07, 6.45) is 0. The minimum atomic E-state index is 0.763. The highest BCUT2D eigenvalue weighted by Crippen LogP contribution is 2.31. The van der Waals surface area contributed by atoms with E-state index < -0.39 is 0 Å². The zero-order valence-corrected chi connectivity index (χ0v) is 12.1. The normalized spacial score (nSPS) is 10.8. The van der Waals surface area contributed by atoms with E-state index >= 15 is 0 Å². The number of aromatic nitrogens is 1. The Kier molecular flexibility index (Phi) is 3.40. The average Bonchev–Trinajstić information content (AvgIpc) is 2.81. The maximum atomic E-state index is 6.15. The van der Waals surface area contributed by atoms with E-state index in [2.05, 4.69) is 41.5 Å². The van der Waals surface area contributed by atoms with E-state index in [0.29, 0.717) is 0 Å². The smallest absolute Gasteiger partial charge is 0.184 e. The maximum Gasteiger partial charge on any atom is 0.184 e. The van der Waals surface area contributed by atoms with Gasteiger partial charge in [-0.1, -0.05) is 58.8 Å². The summed E-state index contributed by atoms with van der Waals surface area (Å²) in [7, 11) is 0. The molecule has 0 fully saturated rings. The van der Waals surface area contributed by atoms with E-state index in [0.717, 1.165) is 26.9 Å². The van der Waals surface area contributed by atoms with Gasteiger partial charge in [-0.25, -0.2) is 4.98 Å². The number of halogens is 1. The second-order valence-electron chi connectivity index (χ2n) is 4.45. The third kappa shape index (κ3) is 2.72. The predicted molar refractivity (Wildman–Crippen MR) is 83.1 cm³/mol. The third-order valence-corrected chi connectivity index (χ3v) is 4.38. The highest BCUT2D eigenvalue weighted by atomic mass is 35.5. The van der Waals surface area contributed by atoms with Crippen LogP contribution in [-0.4, -0.2) is 4.98 Å². The predicted octanol–water partition coefficient (Wildman–Crippen LogP) is 4.87. The summed E-state index contributed by atoms with van der Waals surface area (Å²) >= 11 is 7.74. The fourth-order valence-electron chi connectivity index (χ4n) is 1.99. The van der Waals surface area contributed by atoms with Crippen molar-refractivity contribution in [3.8, 4) is 0 Å². The van der Waals surface area contributed by atoms with Crippen LogP contribution in [0.3, 0.4) is 0 Å². The molecule has 1 heterocycles. The Morgan fingerprint density at radius 3 is 2.84 bits per heavy atom. The Morgan fingerprint density at radius 2 is 2.05 bits per heavy atom. The van der Waals surface area contributed by atoms with Crippen molar-refractivity contribution in [2.24, 2.45) is 0 Å². The molecule has 3 rings (SSSR count). The van der Waals surface area contributed by atoms with Crippen molar-refractivity contribution in [1.29, 1.82) is 0 Å². The standard InChI is InChI=1S/C15H13ClN2S/c1-10-4-2-5-11(8-10)9-17-15-18-13-7-3-6-12(16)14(13)19-15/h2-8H,9H2,1H3,(H,17,18). The number of nitrogens with zero attached hydrogens (tertiary/aromatic N) is 1. The van der Waals surface area contributed by atoms with E-state index in [1.165, 1.54) is 11.1 Å². The molecule has 0 aliphatic carbocycles. The monoisotopic (exact) mass is 288 g/mol. The van der Waals surface area contributed by atoms with Crippen LogP contribution in [0.4, 0.5) is 5.13 Å². The van der Waals surface area contributed by atoms with Crippen LogP contribution in [0.25, 0.3) is 10.2 Å². The van der Waals surface area contributed by atoms with Gasteiger partial charge in [0.15, 0.2) is 5.13 Å². The van der Waals surface area contributed by atoms with Crippen molar-refractivity contribution in [3.05, 3.63) is 58.6 Å². The van der Waals surface area contributed by atoms with Crippen LogP contribution in [0.1, 0.15) is 11.1 Å². The Hall–Kier alpha value is -1.58. The van der Waals surface area contributed by atoms with Crippen molar-refractivity contribution in [2.75, 3.05) is 5.32 Å². The summed E-state index contributed by atoms with van der Waals surface area (Å²) in [5.74, 6) is 0. The van der Waals surface area contributed by atoms with Gasteiger partial charge in [-0.05, 0) is 24.6 Å². The highest BCUT2D eigenvalue weighted by molar-refractivity contribution is 7.22. The van der Waals surface area contributed by atoms with Crippen LogP contribution in [0.2, 0.25) is 5.02 Å². The molecule has 0 aliphatic rings. The van der Waals surface area contributed by atoms with Crippen LogP contribution in [0.5, 0.6) is 0 Å². The third-order valence-electron chi connectivity index (χ3n) is 2.89. The van der Waals surface area contributed by atoms with E-state index in [1.54, 1.807) is 11.3 Å². The number of anilines is 1. The molecular formula is C15H13ClN2S. The second-order valence-corrected chi connectivity index (χ2v) is 5.86. The molecule has 0 atom stereocenters. The van der Waals surface area contributed by atoms with Gasteiger partial charge in [-0.2, -0.15) is 0 Å². The Bertz CT molecular complexity index is 721. The minimum Gasteiger partial charge on any atom is -0.357 e. The van der Waals surface area contributed by atoms with Crippen LogP contribution >= 0.6 is 22.9 Å². The summed E-state index contributed by atoms with van der Waals surface area (Å²) < 4.78 is 1.04. The summed E-state index contributed by atoms with van der Waals surface area (Å²) in [6, 6.07) is 14.3. The molecule has 0 saturated carbocycles. The first-order chi connectivity index (χ1) is 9.22. The number of nitrogens with one attached hydrogen (secondary N) is 1. The topological polar surface area (TPSA) is 24.9 Å². The average molecular weight is 289 g/mol. The van der Waals surface area contributed by atoms with Crippen LogP contribution in [0.15, 0.2) is 42.5 Å². The molecule has 0 unspecified atom stereocenters. The first-order valence-electron chi connectivity index (χ1n) is 6.07. The molecular weight excluding hydrogens is 276 g/mol.